The Morgan fingerprint density at radius 3 is 2.30 bits per heavy atom. The molecule has 0 aromatic heterocycles. The molecule has 0 aliphatic carbocycles. The van der Waals surface area contributed by atoms with Crippen LogP contribution in [0.2, 0.25) is 0 Å². The van der Waals surface area contributed by atoms with Gasteiger partial charge in [-0.05, 0) is 6.26 Å². The van der Waals surface area contributed by atoms with E-state index in [1.165, 1.54) is 6.26 Å². The van der Waals surface area contributed by atoms with Gasteiger partial charge in [0.2, 0.25) is 0 Å². The van der Waals surface area contributed by atoms with Crippen molar-refractivity contribution in [3.05, 3.63) is 0 Å². The van der Waals surface area contributed by atoms with E-state index in [-0.39, 0.29) is 29.6 Å². The average molecular weight is 208 g/mol. The van der Waals surface area contributed by atoms with Crippen LogP contribution in [0.3, 0.4) is 0 Å². The van der Waals surface area contributed by atoms with Crippen LogP contribution in [0.5, 0.6) is 0 Å². The summed E-state index contributed by atoms with van der Waals surface area (Å²) in [4.78, 5) is 21.3. The first-order valence-corrected chi connectivity index (χ1v) is 6.55. The molecule has 0 aliphatic heterocycles. The van der Waals surface area contributed by atoms with Crippen LogP contribution in [-0.4, -0.2) is 19.1 Å². The molecule has 0 N–H and O–H groups in total. The smallest absolute Gasteiger partial charge is 0.805 e. The van der Waals surface area contributed by atoms with Crippen molar-refractivity contribution in [3.8, 4) is 0 Å². The van der Waals surface area contributed by atoms with Crippen LogP contribution in [0.4, 0.5) is 4.79 Å². The molecule has 7 heteroatoms. The topological polar surface area (TPSA) is 49.4 Å². The number of carbonyl (C=O) groups is 1. The predicted molar refractivity (Wildman–Crippen MR) is 40.2 cm³/mol. The Balaban J connectivity index is 0. The predicted octanol–water partition coefficient (Wildman–Crippen LogP) is -2.21. The third-order valence-electron chi connectivity index (χ3n) is 0.639. The van der Waals surface area contributed by atoms with Crippen LogP contribution in [0, 0.1) is 0 Å². The third-order valence-corrected chi connectivity index (χ3v) is 5.43. The molecule has 0 aromatic carbocycles. The summed E-state index contributed by atoms with van der Waals surface area (Å²) in [7, 11) is 1.16. The minimum atomic E-state index is -3.13. The summed E-state index contributed by atoms with van der Waals surface area (Å²) < 4.78 is 4.18. The van der Waals surface area contributed by atoms with Gasteiger partial charge in [-0.15, -0.1) is 11.4 Å². The van der Waals surface area contributed by atoms with E-state index < -0.39 is 11.2 Å². The van der Waals surface area contributed by atoms with Gasteiger partial charge in [-0.1, -0.05) is 11.8 Å². The Morgan fingerprint density at radius 1 is 1.80 bits per heavy atom. The fourth-order valence-corrected chi connectivity index (χ4v) is 1.45. The van der Waals surface area contributed by atoms with Gasteiger partial charge >= 0.3 is 35.3 Å². The van der Waals surface area contributed by atoms with Crippen molar-refractivity contribution in [1.82, 2.24) is 0 Å². The zero-order chi connectivity index (χ0) is 7.49. The second-order valence-corrected chi connectivity index (χ2v) is 7.75. The van der Waals surface area contributed by atoms with Gasteiger partial charge in [0, 0.05) is 5.47 Å². The molecule has 3 nitrogen and oxygen atoms in total. The first-order valence-electron chi connectivity index (χ1n) is 2.00. The van der Waals surface area contributed by atoms with Gasteiger partial charge in [-0.3, -0.25) is 0 Å². The van der Waals surface area contributed by atoms with Gasteiger partial charge in [0.05, 0.1) is 7.11 Å². The summed E-state index contributed by atoms with van der Waals surface area (Å²) in [5, 5.41) is 0. The van der Waals surface area contributed by atoms with E-state index >= 15 is 0 Å². The normalized spacial score (nSPS) is 14.7. The Morgan fingerprint density at radius 2 is 2.20 bits per heavy atom. The molecule has 0 saturated heterocycles. The van der Waals surface area contributed by atoms with Crippen molar-refractivity contribution < 1.29 is 44.0 Å². The molecule has 0 spiro atoms. The maximum Gasteiger partial charge on any atom is 1.00 e. The number of carbonyl (C=O) groups excluding carboxylic acids is 1. The standard InChI is InChI=1S/C3H7O3PS2.Na/c1-6-3(4)7(5,8)9-2;/h1-2H3,(H,5,8);/q;+1/p-1. The van der Waals surface area contributed by atoms with E-state index in [1.54, 1.807) is 0 Å². The molecule has 54 valence electrons. The van der Waals surface area contributed by atoms with Crippen LogP contribution in [0.1, 0.15) is 0 Å². The molecule has 10 heavy (non-hydrogen) atoms. The molecule has 0 saturated carbocycles. The maximum absolute atomic E-state index is 10.8. The van der Waals surface area contributed by atoms with E-state index in [2.05, 4.69) is 16.5 Å². The molecule has 0 fully saturated rings. The van der Waals surface area contributed by atoms with Gasteiger partial charge in [-0.2, -0.15) is 0 Å². The monoisotopic (exact) mass is 208 g/mol. The van der Waals surface area contributed by atoms with Crippen LogP contribution >= 0.6 is 16.8 Å². The van der Waals surface area contributed by atoms with Crippen LogP contribution < -0.4 is 34.5 Å². The van der Waals surface area contributed by atoms with Crippen molar-refractivity contribution in [1.29, 1.82) is 0 Å². The Hall–Kier alpha value is 1.43. The first kappa shape index (κ1) is 14.0. The van der Waals surface area contributed by atoms with Crippen LogP contribution in [0.25, 0.3) is 0 Å². The zero-order valence-corrected chi connectivity index (χ0v) is 10.5. The van der Waals surface area contributed by atoms with Gasteiger partial charge in [-0.25, -0.2) is 4.79 Å². The fourth-order valence-electron chi connectivity index (χ4n) is 0.186. The van der Waals surface area contributed by atoms with E-state index in [0.717, 1.165) is 18.5 Å². The Kier molecular flexibility index (Phi) is 8.39. The molecule has 1 unspecified atom stereocenters. The van der Waals surface area contributed by atoms with E-state index in [4.69, 9.17) is 0 Å². The van der Waals surface area contributed by atoms with E-state index in [1.807, 2.05) is 0 Å². The second kappa shape index (κ2) is 6.00. The van der Waals surface area contributed by atoms with Crippen molar-refractivity contribution >= 4 is 34.4 Å². The second-order valence-electron chi connectivity index (χ2n) is 1.15. The average Bonchev–Trinajstić information content (AvgIpc) is 1.86. The van der Waals surface area contributed by atoms with Crippen LogP contribution in [0.15, 0.2) is 0 Å². The number of ether oxygens (including phenoxy) is 1. The molecule has 0 aromatic rings. The van der Waals surface area contributed by atoms with Crippen molar-refractivity contribution in [2.24, 2.45) is 0 Å². The van der Waals surface area contributed by atoms with Crippen molar-refractivity contribution in [2.45, 2.75) is 0 Å². The molecule has 0 amide bonds. The van der Waals surface area contributed by atoms with E-state index in [9.17, 15) is 9.69 Å². The Labute approximate surface area is 91.0 Å². The summed E-state index contributed by atoms with van der Waals surface area (Å²) in [6.45, 7) is 0. The zero-order valence-electron chi connectivity index (χ0n) is 5.99. The molecule has 0 radical (unpaired) electrons. The van der Waals surface area contributed by atoms with Gasteiger partial charge < -0.3 is 9.63 Å². The van der Waals surface area contributed by atoms with Gasteiger partial charge in [0.1, 0.15) is 0 Å². The largest absolute Gasteiger partial charge is 1.00 e. The minimum absolute atomic E-state index is 0. The summed E-state index contributed by atoms with van der Waals surface area (Å²) in [6, 6.07) is 0. The molecule has 0 bridgehead atoms. The molecule has 0 rings (SSSR count). The number of rotatable bonds is 2. The SMILES string of the molecule is COC(=O)P([O-])(=S)SC.[Na+]. The quantitative estimate of drug-likeness (QED) is 0.380. The van der Waals surface area contributed by atoms with Crippen molar-refractivity contribution in [2.75, 3.05) is 13.4 Å². The first-order chi connectivity index (χ1) is 4.04. The minimum Gasteiger partial charge on any atom is -0.805 e. The number of hydrogen-bond donors (Lipinski definition) is 0. The molecule has 1 atom stereocenters. The number of methoxy groups -OCH3 is 1. The maximum atomic E-state index is 10.8. The summed E-state index contributed by atoms with van der Waals surface area (Å²) in [5.41, 5.74) is -3.93. The summed E-state index contributed by atoms with van der Waals surface area (Å²) >= 11 is 5.27. The van der Waals surface area contributed by atoms with Crippen LogP contribution in [-0.2, 0) is 16.5 Å². The number of hydrogen-bond acceptors (Lipinski definition) is 5. The fraction of sp³-hybridized carbons (Fsp3) is 0.667. The molecular weight excluding hydrogens is 202 g/mol. The van der Waals surface area contributed by atoms with E-state index in [0.29, 0.717) is 0 Å². The third kappa shape index (κ3) is 4.34. The van der Waals surface area contributed by atoms with Gasteiger partial charge in [0.15, 0.2) is 0 Å². The van der Waals surface area contributed by atoms with Gasteiger partial charge in [0.25, 0.3) is 0 Å². The summed E-state index contributed by atoms with van der Waals surface area (Å²) in [5.74, 6) is 0. The Bertz CT molecular complexity index is 162. The molecular formula is C3H6NaO3PS2. The molecule has 0 heterocycles. The summed E-state index contributed by atoms with van der Waals surface area (Å²) in [6.07, 6.45) is 1.52. The molecule has 0 aliphatic rings. The van der Waals surface area contributed by atoms with Crippen molar-refractivity contribution in [3.63, 3.8) is 0 Å².